The van der Waals surface area contributed by atoms with Crippen LogP contribution in [0.1, 0.15) is 156 Å². The van der Waals surface area contributed by atoms with Crippen LogP contribution in [0.15, 0.2) is 28.2 Å². The number of carbonyl (C=O) groups excluding carboxylic acids is 16. The molecule has 0 radical (unpaired) electrons. The molecular formula is C73H115N21O20S3. The van der Waals surface area contributed by atoms with Crippen LogP contribution in [0.5, 0.6) is 0 Å². The lowest BCUT2D eigenvalue weighted by Crippen LogP contribution is -2.61. The summed E-state index contributed by atoms with van der Waals surface area (Å²) in [6.45, 7) is 11.9. The Morgan fingerprint density at radius 1 is 0.547 bits per heavy atom. The van der Waals surface area contributed by atoms with Gasteiger partial charge >= 0.3 is 11.9 Å². The maximum atomic E-state index is 15.1. The molecule has 0 saturated carbocycles. The molecule has 650 valence electrons. The summed E-state index contributed by atoms with van der Waals surface area (Å²) in [6.07, 6.45) is -2.24. The molecule has 0 aliphatic carbocycles. The molecule has 0 aromatic heterocycles. The summed E-state index contributed by atoms with van der Waals surface area (Å²) in [5, 5.41) is 53.1. The monoisotopic (exact) mass is 1700 g/mol. The van der Waals surface area contributed by atoms with Crippen molar-refractivity contribution in [3.63, 3.8) is 0 Å². The fraction of sp³-hybridized carbons (Fsp3) is 0.644. The number of carboxylic acids is 2. The Bertz CT molecular complexity index is 3770. The Labute approximate surface area is 690 Å². The van der Waals surface area contributed by atoms with Gasteiger partial charge in [0, 0.05) is 61.1 Å². The molecular weight excluding hydrogens is 1590 g/mol. The Hall–Kier alpha value is -10.5. The second kappa shape index (κ2) is 50.2. The molecule has 1 aromatic carbocycles. The van der Waals surface area contributed by atoms with E-state index in [0.717, 1.165) is 23.5 Å². The lowest BCUT2D eigenvalue weighted by molar-refractivity contribution is -0.143. The SMILES string of the molecule is CC[C@H](C)[C@@H]1NC(=O)[C@@H](NC(C)=O)CSCc2cc3cc(c2)CSC[C@@H](C(=O)N[C@@H](C)C=O)NC(=O)[C@H](CCCN=C(N)N)NC(=O)CNC(=O)[C@H](CC(=O)O)NC(=O)[C@H](CC(C)C)NC(=O)[C@H](CC(=O)O)NC(=O)[C@H](CSC3)NC(=O)[C@H](CC(N)=O)NC(=O)[C@@H]2CCCN2C(=O)[C@H](CCCCN=C(N)N)NC(=O)[C@H](CC(C)C)NC1=O. The second-order valence-electron chi connectivity index (χ2n) is 29.7. The number of nitrogens with one attached hydrogen (secondary N) is 13. The van der Waals surface area contributed by atoms with Crippen LogP contribution in [-0.4, -0.2) is 256 Å². The van der Waals surface area contributed by atoms with Gasteiger partial charge in [0.1, 0.15) is 78.8 Å². The van der Waals surface area contributed by atoms with Gasteiger partial charge in [0.05, 0.1) is 31.8 Å². The number of carboxylic acid groups (broad SMARTS) is 2. The van der Waals surface area contributed by atoms with E-state index >= 15 is 9.59 Å². The van der Waals surface area contributed by atoms with E-state index in [1.165, 1.54) is 30.5 Å². The van der Waals surface area contributed by atoms with Crippen molar-refractivity contribution in [1.82, 2.24) is 74.0 Å². The number of hydrogen-bond donors (Lipinski definition) is 20. The highest BCUT2D eigenvalue weighted by molar-refractivity contribution is 7.99. The van der Waals surface area contributed by atoms with Crippen LogP contribution in [0.2, 0.25) is 0 Å². The molecule has 3 aliphatic heterocycles. The van der Waals surface area contributed by atoms with E-state index in [9.17, 15) is 86.9 Å². The number of aliphatic imine (C=N–C) groups is 2. The van der Waals surface area contributed by atoms with Crippen molar-refractivity contribution in [3.05, 3.63) is 34.9 Å². The summed E-state index contributed by atoms with van der Waals surface area (Å²) in [6, 6.07) is -15.1. The van der Waals surface area contributed by atoms with Gasteiger partial charge in [0.15, 0.2) is 11.9 Å². The number of fused-ring (bicyclic) bond motifs is 6. The highest BCUT2D eigenvalue weighted by Gasteiger charge is 2.42. The smallest absolute Gasteiger partial charge is 0.305 e. The summed E-state index contributed by atoms with van der Waals surface area (Å²) in [5.74, 6) is -20.9. The molecule has 15 amide bonds. The third kappa shape index (κ3) is 35.9. The van der Waals surface area contributed by atoms with Gasteiger partial charge < -0.3 is 118 Å². The molecule has 3 heterocycles. The van der Waals surface area contributed by atoms with Crippen LogP contribution < -0.4 is 97.8 Å². The number of nitrogens with two attached hydrogens (primary N) is 5. The molecule has 0 spiro atoms. The molecule has 14 atom stereocenters. The molecule has 4 rings (SSSR count). The van der Waals surface area contributed by atoms with Crippen LogP contribution in [-0.2, 0) is 104 Å². The minimum Gasteiger partial charge on any atom is -0.481 e. The molecule has 4 bridgehead atoms. The van der Waals surface area contributed by atoms with Gasteiger partial charge in [-0.25, -0.2) is 0 Å². The number of nitrogens with zero attached hydrogens (tertiary/aromatic N) is 3. The van der Waals surface area contributed by atoms with Crippen molar-refractivity contribution < 1.29 is 96.5 Å². The number of rotatable bonds is 25. The number of unbranched alkanes of at least 4 members (excludes halogenated alkanes) is 1. The highest BCUT2D eigenvalue weighted by Crippen LogP contribution is 2.26. The van der Waals surface area contributed by atoms with E-state index in [1.54, 1.807) is 59.7 Å². The lowest BCUT2D eigenvalue weighted by Gasteiger charge is -2.32. The van der Waals surface area contributed by atoms with Gasteiger partial charge in [-0.15, -0.1) is 0 Å². The minimum atomic E-state index is -2.10. The summed E-state index contributed by atoms with van der Waals surface area (Å²) in [7, 11) is 0. The van der Waals surface area contributed by atoms with Crippen molar-refractivity contribution in [3.8, 4) is 0 Å². The van der Waals surface area contributed by atoms with Crippen molar-refractivity contribution in [2.24, 2.45) is 56.4 Å². The Kier molecular flexibility index (Phi) is 42.4. The normalized spacial score (nSPS) is 24.7. The molecule has 25 N–H and O–H groups in total. The molecule has 1 fully saturated rings. The number of thioether (sulfide) groups is 3. The third-order valence-corrected chi connectivity index (χ3v) is 21.8. The van der Waals surface area contributed by atoms with E-state index in [2.05, 4.69) is 79.1 Å². The van der Waals surface area contributed by atoms with Gasteiger partial charge in [-0.2, -0.15) is 35.3 Å². The Balaban J connectivity index is 2.05. The average Bonchev–Trinajstić information content (AvgIpc) is 1.73. The number of hydrogen-bond acceptors (Lipinski definition) is 23. The Morgan fingerprint density at radius 2 is 1.03 bits per heavy atom. The van der Waals surface area contributed by atoms with E-state index in [0.29, 0.717) is 35.8 Å². The van der Waals surface area contributed by atoms with Crippen LogP contribution in [0.25, 0.3) is 0 Å². The molecule has 41 nitrogen and oxygen atoms in total. The summed E-state index contributed by atoms with van der Waals surface area (Å²) < 4.78 is 0. The zero-order valence-corrected chi connectivity index (χ0v) is 69.5. The third-order valence-electron chi connectivity index (χ3n) is 18.5. The highest BCUT2D eigenvalue weighted by atomic mass is 32.2. The van der Waals surface area contributed by atoms with E-state index in [-0.39, 0.29) is 118 Å². The largest absolute Gasteiger partial charge is 0.481 e. The minimum absolute atomic E-state index is 0.0141. The zero-order valence-electron chi connectivity index (χ0n) is 67.0. The predicted octanol–water partition coefficient (Wildman–Crippen LogP) is -4.96. The first-order valence-electron chi connectivity index (χ1n) is 38.5. The maximum Gasteiger partial charge on any atom is 0.305 e. The van der Waals surface area contributed by atoms with Crippen molar-refractivity contribution in [2.75, 3.05) is 43.4 Å². The molecule has 1 saturated heterocycles. The number of guanidine groups is 2. The molecule has 1 aromatic rings. The van der Waals surface area contributed by atoms with E-state index < -0.39 is 222 Å². The van der Waals surface area contributed by atoms with Gasteiger partial charge in [0.2, 0.25) is 88.6 Å². The quantitative estimate of drug-likeness (QED) is 0.0189. The van der Waals surface area contributed by atoms with Crippen LogP contribution in [0, 0.1) is 17.8 Å². The first kappa shape index (κ1) is 98.8. The zero-order chi connectivity index (χ0) is 87.3. The van der Waals surface area contributed by atoms with Crippen molar-refractivity contribution in [1.29, 1.82) is 0 Å². The lowest BCUT2D eigenvalue weighted by atomic mass is 9.96. The van der Waals surface area contributed by atoms with Crippen LogP contribution in [0.3, 0.4) is 0 Å². The fourth-order valence-electron chi connectivity index (χ4n) is 12.6. The van der Waals surface area contributed by atoms with Crippen LogP contribution >= 0.6 is 35.3 Å². The van der Waals surface area contributed by atoms with Crippen molar-refractivity contribution in [2.45, 2.75) is 235 Å². The van der Waals surface area contributed by atoms with Gasteiger partial charge in [-0.3, -0.25) is 91.5 Å². The number of benzene rings is 1. The van der Waals surface area contributed by atoms with E-state index in [4.69, 9.17) is 28.7 Å². The molecule has 117 heavy (non-hydrogen) atoms. The van der Waals surface area contributed by atoms with E-state index in [1.807, 2.05) is 0 Å². The van der Waals surface area contributed by atoms with Gasteiger partial charge in [0.25, 0.3) is 0 Å². The molecule has 44 heteroatoms. The summed E-state index contributed by atoms with van der Waals surface area (Å²) in [4.78, 5) is 261. The number of amides is 15. The molecule has 3 aliphatic rings. The predicted molar refractivity (Wildman–Crippen MR) is 434 cm³/mol. The standard InChI is InChI=1S/C73H115N21O20S3/c1-9-38(6)59-70(113)90-47(21-37(4)5)62(105)85-45(14-10-11-17-79-72(75)76)71(114)94-19-13-16-54(94)69(112)89-48(25-55(74)97)64(107)92-53-35-117-32-43-23-41(30-115-33-51(68(111)93-59)83-40(8)96)22-42(24-43)31-116-34-52(66(109)82-39(7)29-95)91-61(104)44(15-12-18-80-73(77)78)84-56(98)28-81-60(103)49(26-57(99)100)87-63(106)46(20-36(2)3)86-65(108)50(27-58(101)102)88-67(53)110/h22-24,29,36-39,44-54,59H,9-21,25-28,30-35H2,1-8H3,(H2,74,97)(H,81,103)(H,82,109)(H,83,96)(H,84,98)(H,85,105)(H,86,108)(H,87,106)(H,88,110)(H,89,112)(H,90,113)(H,91,104)(H,92,107)(H,93,111)(H,99,100)(H,101,102)(H4,75,76,79)(H4,77,78,80)/t38-,39-,44-,45-,46-,47-,48-,49-,50-,51-,52-,53-,54-,59-/m0/s1. The number of aliphatic carboxylic acids is 2. The first-order valence-corrected chi connectivity index (χ1v) is 42.0. The van der Waals surface area contributed by atoms with Crippen LogP contribution in [0.4, 0.5) is 0 Å². The topological polar surface area (TPSA) is 662 Å². The van der Waals surface area contributed by atoms with Gasteiger partial charge in [-0.1, -0.05) is 66.2 Å². The number of carbonyl (C=O) groups is 18. The summed E-state index contributed by atoms with van der Waals surface area (Å²) in [5.41, 5.74) is 29.6. The average molecular weight is 1700 g/mol. The first-order chi connectivity index (χ1) is 55.2. The number of aldehydes is 1. The Morgan fingerprint density at radius 3 is 1.56 bits per heavy atom. The maximum absolute atomic E-state index is 15.1. The van der Waals surface area contributed by atoms with Crippen molar-refractivity contribution >= 4 is 154 Å². The fourth-order valence-corrected chi connectivity index (χ4v) is 15.5. The number of primary amides is 1. The second-order valence-corrected chi connectivity index (χ2v) is 32.7. The molecule has 0 unspecified atom stereocenters. The summed E-state index contributed by atoms with van der Waals surface area (Å²) >= 11 is 3.25. The van der Waals surface area contributed by atoms with Gasteiger partial charge in [-0.05, 0) is 99.2 Å².